The summed E-state index contributed by atoms with van der Waals surface area (Å²) < 4.78 is 6.51. The van der Waals surface area contributed by atoms with E-state index in [1.165, 1.54) is 5.56 Å². The van der Waals surface area contributed by atoms with E-state index in [0.717, 1.165) is 30.5 Å². The number of ether oxygens (including phenoxy) is 1. The maximum absolute atomic E-state index is 9.88. The number of hydrogen-bond acceptors (Lipinski definition) is 3. The van der Waals surface area contributed by atoms with Gasteiger partial charge in [0.15, 0.2) is 0 Å². The largest absolute Gasteiger partial charge is 0.389 e. The van der Waals surface area contributed by atoms with E-state index in [-0.39, 0.29) is 0 Å². The predicted octanol–water partition coefficient (Wildman–Crippen LogP) is 3.06. The van der Waals surface area contributed by atoms with Crippen LogP contribution in [0.4, 0.5) is 0 Å². The Bertz CT molecular complexity index is 360. The zero-order chi connectivity index (χ0) is 14.1. The van der Waals surface area contributed by atoms with Crippen molar-refractivity contribution < 1.29 is 9.84 Å². The molecule has 0 saturated heterocycles. The Kier molecular flexibility index (Phi) is 8.30. The van der Waals surface area contributed by atoms with Gasteiger partial charge in [-0.1, -0.05) is 41.4 Å². The zero-order valence-corrected chi connectivity index (χ0v) is 13.4. The SMILES string of the molecule is CCCCOCC(O)CN(C)Cc1cccc(Br)c1. The molecule has 108 valence electrons. The van der Waals surface area contributed by atoms with Crippen LogP contribution in [0.3, 0.4) is 0 Å². The molecule has 0 bridgehead atoms. The molecular formula is C15H24BrNO2. The molecule has 19 heavy (non-hydrogen) atoms. The highest BCUT2D eigenvalue weighted by molar-refractivity contribution is 9.10. The van der Waals surface area contributed by atoms with Gasteiger partial charge in [-0.2, -0.15) is 0 Å². The van der Waals surface area contributed by atoms with E-state index < -0.39 is 6.10 Å². The van der Waals surface area contributed by atoms with Crippen LogP contribution in [0.2, 0.25) is 0 Å². The third kappa shape index (κ3) is 7.67. The van der Waals surface area contributed by atoms with Gasteiger partial charge in [0.25, 0.3) is 0 Å². The van der Waals surface area contributed by atoms with Gasteiger partial charge in [-0.25, -0.2) is 0 Å². The molecule has 3 nitrogen and oxygen atoms in total. The van der Waals surface area contributed by atoms with Gasteiger partial charge in [-0.15, -0.1) is 0 Å². The van der Waals surface area contributed by atoms with Crippen LogP contribution in [0.1, 0.15) is 25.3 Å². The Labute approximate surface area is 124 Å². The molecule has 1 aromatic carbocycles. The van der Waals surface area contributed by atoms with Crippen molar-refractivity contribution in [1.29, 1.82) is 0 Å². The van der Waals surface area contributed by atoms with Crippen molar-refractivity contribution in [3.05, 3.63) is 34.3 Å². The highest BCUT2D eigenvalue weighted by atomic mass is 79.9. The highest BCUT2D eigenvalue weighted by Gasteiger charge is 2.09. The average molecular weight is 330 g/mol. The minimum Gasteiger partial charge on any atom is -0.389 e. The van der Waals surface area contributed by atoms with Crippen LogP contribution in [0, 0.1) is 0 Å². The molecule has 0 fully saturated rings. The maximum atomic E-state index is 9.88. The van der Waals surface area contributed by atoms with Gasteiger partial charge in [-0.3, -0.25) is 4.90 Å². The van der Waals surface area contributed by atoms with Crippen LogP contribution in [-0.4, -0.2) is 42.9 Å². The van der Waals surface area contributed by atoms with Crippen LogP contribution in [0.5, 0.6) is 0 Å². The molecule has 0 aliphatic carbocycles. The summed E-state index contributed by atoms with van der Waals surface area (Å²) in [5.74, 6) is 0. The van der Waals surface area contributed by atoms with E-state index in [1.807, 2.05) is 19.2 Å². The van der Waals surface area contributed by atoms with Crippen molar-refractivity contribution >= 4 is 15.9 Å². The monoisotopic (exact) mass is 329 g/mol. The van der Waals surface area contributed by atoms with Gasteiger partial charge in [-0.05, 0) is 31.2 Å². The molecular weight excluding hydrogens is 306 g/mol. The molecule has 0 radical (unpaired) electrons. The summed E-state index contributed by atoms with van der Waals surface area (Å²) in [6.07, 6.45) is 1.76. The summed E-state index contributed by atoms with van der Waals surface area (Å²) >= 11 is 3.46. The Morgan fingerprint density at radius 2 is 2.21 bits per heavy atom. The molecule has 0 aromatic heterocycles. The summed E-state index contributed by atoms with van der Waals surface area (Å²) in [6, 6.07) is 8.23. The first-order valence-corrected chi connectivity index (χ1v) is 7.60. The summed E-state index contributed by atoms with van der Waals surface area (Å²) in [4.78, 5) is 2.11. The fourth-order valence-electron chi connectivity index (χ4n) is 1.89. The summed E-state index contributed by atoms with van der Waals surface area (Å²) in [5, 5.41) is 9.88. The molecule has 1 atom stereocenters. The van der Waals surface area contributed by atoms with Gasteiger partial charge in [0.05, 0.1) is 12.7 Å². The quantitative estimate of drug-likeness (QED) is 0.707. The summed E-state index contributed by atoms with van der Waals surface area (Å²) in [5.41, 5.74) is 1.23. The Hall–Kier alpha value is -0.420. The minimum absolute atomic E-state index is 0.419. The molecule has 1 unspecified atom stereocenters. The van der Waals surface area contributed by atoms with Crippen molar-refractivity contribution in [2.45, 2.75) is 32.4 Å². The van der Waals surface area contributed by atoms with Gasteiger partial charge in [0.1, 0.15) is 0 Å². The van der Waals surface area contributed by atoms with Crippen molar-refractivity contribution in [3.8, 4) is 0 Å². The molecule has 0 aliphatic heterocycles. The average Bonchev–Trinajstić information content (AvgIpc) is 2.34. The fraction of sp³-hybridized carbons (Fsp3) is 0.600. The molecule has 1 rings (SSSR count). The number of halogens is 1. The lowest BCUT2D eigenvalue weighted by Crippen LogP contribution is -2.32. The van der Waals surface area contributed by atoms with Gasteiger partial charge in [0, 0.05) is 24.2 Å². The van der Waals surface area contributed by atoms with Crippen LogP contribution in [-0.2, 0) is 11.3 Å². The number of nitrogens with zero attached hydrogens (tertiary/aromatic N) is 1. The minimum atomic E-state index is -0.422. The number of rotatable bonds is 9. The van der Waals surface area contributed by atoms with E-state index in [0.29, 0.717) is 13.2 Å². The van der Waals surface area contributed by atoms with Crippen molar-refractivity contribution in [2.75, 3.05) is 26.8 Å². The Balaban J connectivity index is 2.24. The summed E-state index contributed by atoms with van der Waals surface area (Å²) in [7, 11) is 2.01. The predicted molar refractivity (Wildman–Crippen MR) is 82.2 cm³/mol. The van der Waals surface area contributed by atoms with E-state index in [1.54, 1.807) is 0 Å². The molecule has 1 aromatic rings. The van der Waals surface area contributed by atoms with Crippen molar-refractivity contribution in [3.63, 3.8) is 0 Å². The number of hydrogen-bond donors (Lipinski definition) is 1. The first-order valence-electron chi connectivity index (χ1n) is 6.80. The van der Waals surface area contributed by atoms with E-state index in [9.17, 15) is 5.11 Å². The second-order valence-corrected chi connectivity index (χ2v) is 5.82. The van der Waals surface area contributed by atoms with E-state index >= 15 is 0 Å². The number of benzene rings is 1. The number of likely N-dealkylation sites (N-methyl/N-ethyl adjacent to an activating group) is 1. The molecule has 4 heteroatoms. The first kappa shape index (κ1) is 16.6. The van der Waals surface area contributed by atoms with Crippen LogP contribution >= 0.6 is 15.9 Å². The lowest BCUT2D eigenvalue weighted by Gasteiger charge is -2.20. The van der Waals surface area contributed by atoms with Crippen LogP contribution < -0.4 is 0 Å². The number of aliphatic hydroxyl groups is 1. The van der Waals surface area contributed by atoms with Crippen molar-refractivity contribution in [1.82, 2.24) is 4.90 Å². The van der Waals surface area contributed by atoms with Crippen molar-refractivity contribution in [2.24, 2.45) is 0 Å². The van der Waals surface area contributed by atoms with Gasteiger partial charge < -0.3 is 9.84 Å². The van der Waals surface area contributed by atoms with E-state index in [4.69, 9.17) is 4.74 Å². The maximum Gasteiger partial charge on any atom is 0.0900 e. The highest BCUT2D eigenvalue weighted by Crippen LogP contribution is 2.13. The first-order chi connectivity index (χ1) is 9.11. The van der Waals surface area contributed by atoms with Gasteiger partial charge >= 0.3 is 0 Å². The molecule has 1 N–H and O–H groups in total. The topological polar surface area (TPSA) is 32.7 Å². The molecule has 0 heterocycles. The van der Waals surface area contributed by atoms with E-state index in [2.05, 4.69) is 39.9 Å². The third-order valence-electron chi connectivity index (χ3n) is 2.82. The second-order valence-electron chi connectivity index (χ2n) is 4.91. The third-order valence-corrected chi connectivity index (χ3v) is 3.31. The smallest absolute Gasteiger partial charge is 0.0900 e. The van der Waals surface area contributed by atoms with Crippen LogP contribution in [0.15, 0.2) is 28.7 Å². The molecule has 0 saturated carbocycles. The number of unbranched alkanes of at least 4 members (excludes halogenated alkanes) is 1. The normalized spacial score (nSPS) is 12.9. The van der Waals surface area contributed by atoms with Crippen LogP contribution in [0.25, 0.3) is 0 Å². The second kappa shape index (κ2) is 9.48. The lowest BCUT2D eigenvalue weighted by atomic mass is 10.2. The standard InChI is InChI=1S/C15H24BrNO2/c1-3-4-8-19-12-15(18)11-17(2)10-13-6-5-7-14(16)9-13/h5-7,9,15,18H,3-4,8,10-12H2,1-2H3. The fourth-order valence-corrected chi connectivity index (χ4v) is 2.34. The number of aliphatic hydroxyl groups excluding tert-OH is 1. The lowest BCUT2D eigenvalue weighted by molar-refractivity contribution is 0.0188. The Morgan fingerprint density at radius 1 is 1.42 bits per heavy atom. The van der Waals surface area contributed by atoms with Gasteiger partial charge in [0.2, 0.25) is 0 Å². The summed E-state index contributed by atoms with van der Waals surface area (Å²) in [6.45, 7) is 4.74. The molecule has 0 aliphatic rings. The zero-order valence-electron chi connectivity index (χ0n) is 11.8. The molecule has 0 spiro atoms. The Morgan fingerprint density at radius 3 is 2.89 bits per heavy atom. The molecule has 0 amide bonds.